The molecule has 132 valence electrons. The number of benzene rings is 2. The lowest BCUT2D eigenvalue weighted by Gasteiger charge is -2.32. The van der Waals surface area contributed by atoms with E-state index in [1.165, 1.54) is 5.56 Å². The Morgan fingerprint density at radius 1 is 1.24 bits per heavy atom. The standard InChI is InChI=1S/C19H19Cl2NO2S/c20-16-6-7-18(17(21)11-16)25-22-8-2-5-15(12-22)14-4-1-3-13(9-14)10-19(23)24/h1,3-4,6-7,9,11,15H,2,5,8,10,12H2,(H,23,24). The van der Waals surface area contributed by atoms with Crippen molar-refractivity contribution in [3.8, 4) is 0 Å². The van der Waals surface area contributed by atoms with Crippen LogP contribution in [0.5, 0.6) is 0 Å². The Morgan fingerprint density at radius 2 is 2.08 bits per heavy atom. The Labute approximate surface area is 162 Å². The Bertz CT molecular complexity index is 769. The van der Waals surface area contributed by atoms with Gasteiger partial charge in [-0.2, -0.15) is 0 Å². The number of nitrogens with zero attached hydrogens (tertiary/aromatic N) is 1. The molecule has 1 aliphatic heterocycles. The average Bonchev–Trinajstić information content (AvgIpc) is 2.57. The SMILES string of the molecule is O=C(O)Cc1cccc(C2CCCN(Sc3ccc(Cl)cc3Cl)C2)c1. The van der Waals surface area contributed by atoms with E-state index in [0.717, 1.165) is 36.4 Å². The summed E-state index contributed by atoms with van der Waals surface area (Å²) in [7, 11) is 0. The van der Waals surface area contributed by atoms with Crippen LogP contribution >= 0.6 is 35.1 Å². The minimum absolute atomic E-state index is 0.0689. The van der Waals surface area contributed by atoms with E-state index in [1.54, 1.807) is 18.0 Å². The highest BCUT2D eigenvalue weighted by Gasteiger charge is 2.23. The highest BCUT2D eigenvalue weighted by molar-refractivity contribution is 7.97. The first-order chi connectivity index (χ1) is 12.0. The van der Waals surface area contributed by atoms with E-state index in [0.29, 0.717) is 16.0 Å². The summed E-state index contributed by atoms with van der Waals surface area (Å²) in [5, 5.41) is 10.3. The zero-order valence-corrected chi connectivity index (χ0v) is 15.9. The molecular formula is C19H19Cl2NO2S. The molecule has 2 aromatic carbocycles. The predicted octanol–water partition coefficient (Wildman–Crippen LogP) is 5.51. The fourth-order valence-corrected chi connectivity index (χ4v) is 4.66. The summed E-state index contributed by atoms with van der Waals surface area (Å²) in [5.41, 5.74) is 2.07. The van der Waals surface area contributed by atoms with Crippen molar-refractivity contribution in [2.24, 2.45) is 0 Å². The van der Waals surface area contributed by atoms with Crippen LogP contribution in [0.4, 0.5) is 0 Å². The van der Waals surface area contributed by atoms with Crippen LogP contribution in [0.2, 0.25) is 10.0 Å². The molecule has 2 aromatic rings. The zero-order valence-electron chi connectivity index (χ0n) is 13.6. The number of rotatable bonds is 5. The molecule has 0 saturated carbocycles. The van der Waals surface area contributed by atoms with Gasteiger partial charge in [-0.25, -0.2) is 4.31 Å². The summed E-state index contributed by atoms with van der Waals surface area (Å²) < 4.78 is 2.33. The van der Waals surface area contributed by atoms with Crippen LogP contribution in [0.25, 0.3) is 0 Å². The van der Waals surface area contributed by atoms with Crippen LogP contribution in [0, 0.1) is 0 Å². The zero-order chi connectivity index (χ0) is 17.8. The number of hydrogen-bond acceptors (Lipinski definition) is 3. The maximum Gasteiger partial charge on any atom is 0.307 e. The van der Waals surface area contributed by atoms with Crippen LogP contribution in [-0.2, 0) is 11.2 Å². The van der Waals surface area contributed by atoms with Crippen molar-refractivity contribution < 1.29 is 9.90 Å². The molecule has 1 saturated heterocycles. The molecule has 6 heteroatoms. The lowest BCUT2D eigenvalue weighted by Crippen LogP contribution is -2.29. The van der Waals surface area contributed by atoms with Crippen molar-refractivity contribution in [2.45, 2.75) is 30.1 Å². The van der Waals surface area contributed by atoms with Crippen molar-refractivity contribution in [3.05, 3.63) is 63.6 Å². The number of carboxylic acid groups (broad SMARTS) is 1. The summed E-state index contributed by atoms with van der Waals surface area (Å²) in [6.45, 7) is 1.93. The largest absolute Gasteiger partial charge is 0.481 e. The fourth-order valence-electron chi connectivity index (χ4n) is 3.12. The highest BCUT2D eigenvalue weighted by atomic mass is 35.5. The lowest BCUT2D eigenvalue weighted by atomic mass is 9.90. The smallest absolute Gasteiger partial charge is 0.307 e. The lowest BCUT2D eigenvalue weighted by molar-refractivity contribution is -0.136. The molecule has 0 radical (unpaired) electrons. The number of hydrogen-bond donors (Lipinski definition) is 1. The van der Waals surface area contributed by atoms with Gasteiger partial charge in [0, 0.05) is 23.0 Å². The molecule has 0 spiro atoms. The molecule has 1 aliphatic rings. The topological polar surface area (TPSA) is 40.5 Å². The third kappa shape index (κ3) is 5.14. The van der Waals surface area contributed by atoms with Crippen LogP contribution in [0.1, 0.15) is 29.9 Å². The second-order valence-corrected chi connectivity index (χ2v) is 8.19. The van der Waals surface area contributed by atoms with Crippen molar-refractivity contribution >= 4 is 41.1 Å². The number of halogens is 2. The minimum atomic E-state index is -0.796. The van der Waals surface area contributed by atoms with Gasteiger partial charge in [-0.3, -0.25) is 4.79 Å². The average molecular weight is 396 g/mol. The van der Waals surface area contributed by atoms with Crippen LogP contribution in [0.3, 0.4) is 0 Å². The summed E-state index contributed by atoms with van der Waals surface area (Å²) in [6, 6.07) is 13.5. The molecule has 0 amide bonds. The van der Waals surface area contributed by atoms with Gasteiger partial charge >= 0.3 is 5.97 Å². The maximum atomic E-state index is 10.9. The molecule has 0 aromatic heterocycles. The van der Waals surface area contributed by atoms with Gasteiger partial charge in [0.05, 0.1) is 11.4 Å². The molecule has 3 nitrogen and oxygen atoms in total. The molecule has 1 unspecified atom stereocenters. The Morgan fingerprint density at radius 3 is 2.84 bits per heavy atom. The van der Waals surface area contributed by atoms with E-state index in [9.17, 15) is 4.79 Å². The number of aliphatic carboxylic acids is 1. The summed E-state index contributed by atoms with van der Waals surface area (Å²) in [5.74, 6) is -0.392. The molecule has 1 fully saturated rings. The van der Waals surface area contributed by atoms with Crippen molar-refractivity contribution in [2.75, 3.05) is 13.1 Å². The van der Waals surface area contributed by atoms with Gasteiger partial charge in [0.25, 0.3) is 0 Å². The van der Waals surface area contributed by atoms with E-state index < -0.39 is 5.97 Å². The van der Waals surface area contributed by atoms with Crippen LogP contribution < -0.4 is 0 Å². The highest BCUT2D eigenvalue weighted by Crippen LogP contribution is 2.36. The number of carbonyl (C=O) groups is 1. The van der Waals surface area contributed by atoms with Gasteiger partial charge in [-0.1, -0.05) is 47.5 Å². The molecule has 1 heterocycles. The molecule has 3 rings (SSSR count). The first kappa shape index (κ1) is 18.6. The normalized spacial score (nSPS) is 18.2. The van der Waals surface area contributed by atoms with Crippen LogP contribution in [0.15, 0.2) is 47.4 Å². The molecule has 0 aliphatic carbocycles. The molecule has 1 atom stereocenters. The second kappa shape index (κ2) is 8.45. The van der Waals surface area contributed by atoms with Gasteiger partial charge in [-0.15, -0.1) is 0 Å². The van der Waals surface area contributed by atoms with E-state index in [-0.39, 0.29) is 6.42 Å². The van der Waals surface area contributed by atoms with Gasteiger partial charge in [0.2, 0.25) is 0 Å². The second-order valence-electron chi connectivity index (χ2n) is 6.21. The number of carboxylic acids is 1. The van der Waals surface area contributed by atoms with Gasteiger partial charge in [0.15, 0.2) is 0 Å². The quantitative estimate of drug-likeness (QED) is 0.677. The Hall–Kier alpha value is -1.20. The van der Waals surface area contributed by atoms with Gasteiger partial charge in [0.1, 0.15) is 0 Å². The minimum Gasteiger partial charge on any atom is -0.481 e. The fraction of sp³-hybridized carbons (Fsp3) is 0.316. The monoisotopic (exact) mass is 395 g/mol. The van der Waals surface area contributed by atoms with Crippen molar-refractivity contribution in [1.29, 1.82) is 0 Å². The van der Waals surface area contributed by atoms with E-state index in [1.807, 2.05) is 30.3 Å². The van der Waals surface area contributed by atoms with Crippen LogP contribution in [-0.4, -0.2) is 28.5 Å². The van der Waals surface area contributed by atoms with Gasteiger partial charge in [-0.05, 0) is 60.0 Å². The molecular weight excluding hydrogens is 377 g/mol. The van der Waals surface area contributed by atoms with Gasteiger partial charge < -0.3 is 5.11 Å². The molecule has 1 N–H and O–H groups in total. The first-order valence-corrected chi connectivity index (χ1v) is 9.73. The van der Waals surface area contributed by atoms with E-state index in [4.69, 9.17) is 28.3 Å². The number of piperidine rings is 1. The third-order valence-corrected chi connectivity index (χ3v) is 6.09. The summed E-state index contributed by atoms with van der Waals surface area (Å²) in [4.78, 5) is 11.9. The van der Waals surface area contributed by atoms with Crippen molar-refractivity contribution in [3.63, 3.8) is 0 Å². The third-order valence-electron chi connectivity index (χ3n) is 4.28. The molecule has 0 bridgehead atoms. The van der Waals surface area contributed by atoms with Crippen molar-refractivity contribution in [1.82, 2.24) is 4.31 Å². The summed E-state index contributed by atoms with van der Waals surface area (Å²) in [6.07, 6.45) is 2.29. The Kier molecular flexibility index (Phi) is 6.29. The first-order valence-electron chi connectivity index (χ1n) is 8.20. The Balaban J connectivity index is 1.69. The molecule has 25 heavy (non-hydrogen) atoms. The maximum absolute atomic E-state index is 10.9. The summed E-state index contributed by atoms with van der Waals surface area (Å²) >= 11 is 13.9. The predicted molar refractivity (Wildman–Crippen MR) is 104 cm³/mol. The van der Waals surface area contributed by atoms with E-state index in [2.05, 4.69) is 10.4 Å². The van der Waals surface area contributed by atoms with E-state index >= 15 is 0 Å².